The van der Waals surface area contributed by atoms with Crippen molar-refractivity contribution in [2.24, 2.45) is 0 Å². The number of aliphatic hydroxyl groups is 1. The van der Waals surface area contributed by atoms with Gasteiger partial charge in [0.05, 0.1) is 12.9 Å². The topological polar surface area (TPSA) is 95.2 Å². The standard InChI is InChI=1S/C10H16N4O2/c11-8-9(12-6-13-10(8)16)14(4-5-15)7-2-1-3-7/h6-7,15H,1-5,11H2,(H,12,13,16). The van der Waals surface area contributed by atoms with Crippen LogP contribution in [0, 0.1) is 0 Å². The summed E-state index contributed by atoms with van der Waals surface area (Å²) in [4.78, 5) is 19.8. The largest absolute Gasteiger partial charge is 0.395 e. The van der Waals surface area contributed by atoms with E-state index in [0.717, 1.165) is 12.8 Å². The highest BCUT2D eigenvalue weighted by molar-refractivity contribution is 5.61. The van der Waals surface area contributed by atoms with Gasteiger partial charge in [0.15, 0.2) is 5.82 Å². The second kappa shape index (κ2) is 4.52. The van der Waals surface area contributed by atoms with Crippen molar-refractivity contribution in [3.63, 3.8) is 0 Å². The monoisotopic (exact) mass is 224 g/mol. The van der Waals surface area contributed by atoms with Crippen molar-refractivity contribution < 1.29 is 5.11 Å². The van der Waals surface area contributed by atoms with E-state index in [4.69, 9.17) is 10.8 Å². The lowest BCUT2D eigenvalue weighted by molar-refractivity contribution is 0.283. The van der Waals surface area contributed by atoms with Crippen LogP contribution >= 0.6 is 0 Å². The summed E-state index contributed by atoms with van der Waals surface area (Å²) in [6.07, 6.45) is 4.65. The van der Waals surface area contributed by atoms with Gasteiger partial charge in [-0.3, -0.25) is 4.79 Å². The average molecular weight is 224 g/mol. The SMILES string of the molecule is Nc1c(N(CCO)C2CCC2)nc[nH]c1=O. The van der Waals surface area contributed by atoms with Gasteiger partial charge in [-0.1, -0.05) is 0 Å². The first-order valence-electron chi connectivity index (χ1n) is 5.44. The number of nitrogens with two attached hydrogens (primary N) is 1. The first kappa shape index (κ1) is 10.9. The molecule has 0 amide bonds. The second-order valence-corrected chi connectivity index (χ2v) is 3.97. The van der Waals surface area contributed by atoms with Crippen LogP contribution in [0.25, 0.3) is 0 Å². The highest BCUT2D eigenvalue weighted by atomic mass is 16.3. The molecule has 1 aliphatic carbocycles. The molecule has 0 aliphatic heterocycles. The van der Waals surface area contributed by atoms with Crippen molar-refractivity contribution >= 4 is 11.5 Å². The van der Waals surface area contributed by atoms with Crippen LogP contribution in [-0.2, 0) is 0 Å². The van der Waals surface area contributed by atoms with Crippen molar-refractivity contribution in [1.82, 2.24) is 9.97 Å². The van der Waals surface area contributed by atoms with Crippen LogP contribution in [0.2, 0.25) is 0 Å². The molecule has 0 atom stereocenters. The summed E-state index contributed by atoms with van der Waals surface area (Å²) in [5, 5.41) is 9.03. The third-order valence-electron chi connectivity index (χ3n) is 3.00. The van der Waals surface area contributed by atoms with E-state index in [1.54, 1.807) is 0 Å². The van der Waals surface area contributed by atoms with Crippen molar-refractivity contribution in [3.8, 4) is 0 Å². The van der Waals surface area contributed by atoms with Gasteiger partial charge in [0.1, 0.15) is 5.69 Å². The van der Waals surface area contributed by atoms with Gasteiger partial charge in [-0.05, 0) is 19.3 Å². The van der Waals surface area contributed by atoms with E-state index >= 15 is 0 Å². The van der Waals surface area contributed by atoms with Gasteiger partial charge in [0.25, 0.3) is 5.56 Å². The highest BCUT2D eigenvalue weighted by Crippen LogP contribution is 2.29. The molecule has 2 rings (SSSR count). The van der Waals surface area contributed by atoms with E-state index in [9.17, 15) is 4.79 Å². The minimum atomic E-state index is -0.327. The number of aromatic amines is 1. The molecule has 1 aliphatic rings. The van der Waals surface area contributed by atoms with Crippen molar-refractivity contribution in [2.45, 2.75) is 25.3 Å². The number of H-pyrrole nitrogens is 1. The zero-order valence-corrected chi connectivity index (χ0v) is 9.02. The molecule has 16 heavy (non-hydrogen) atoms. The van der Waals surface area contributed by atoms with E-state index in [2.05, 4.69) is 9.97 Å². The average Bonchev–Trinajstić information content (AvgIpc) is 2.19. The molecule has 0 saturated heterocycles. The number of aromatic nitrogens is 2. The third-order valence-corrected chi connectivity index (χ3v) is 3.00. The minimum Gasteiger partial charge on any atom is -0.395 e. The predicted molar refractivity (Wildman–Crippen MR) is 61.3 cm³/mol. The number of anilines is 2. The summed E-state index contributed by atoms with van der Waals surface area (Å²) < 4.78 is 0. The van der Waals surface area contributed by atoms with Gasteiger partial charge in [-0.25, -0.2) is 4.98 Å². The number of hydrogen-bond donors (Lipinski definition) is 3. The maximum absolute atomic E-state index is 11.4. The van der Waals surface area contributed by atoms with Crippen LogP contribution in [0.1, 0.15) is 19.3 Å². The highest BCUT2D eigenvalue weighted by Gasteiger charge is 2.27. The van der Waals surface area contributed by atoms with Crippen LogP contribution in [0.15, 0.2) is 11.1 Å². The molecule has 0 spiro atoms. The van der Waals surface area contributed by atoms with Crippen LogP contribution in [0.4, 0.5) is 11.5 Å². The molecule has 1 saturated carbocycles. The molecular formula is C10H16N4O2. The number of aliphatic hydroxyl groups excluding tert-OH is 1. The molecule has 88 valence electrons. The van der Waals surface area contributed by atoms with Crippen molar-refractivity contribution in [3.05, 3.63) is 16.7 Å². The molecule has 1 aromatic rings. The minimum absolute atomic E-state index is 0.0322. The van der Waals surface area contributed by atoms with Crippen molar-refractivity contribution in [1.29, 1.82) is 0 Å². The Kier molecular flexibility index (Phi) is 3.09. The van der Waals surface area contributed by atoms with Gasteiger partial charge in [-0.15, -0.1) is 0 Å². The number of nitrogens with zero attached hydrogens (tertiary/aromatic N) is 2. The third kappa shape index (κ3) is 1.88. The smallest absolute Gasteiger partial charge is 0.276 e. The maximum atomic E-state index is 11.4. The van der Waals surface area contributed by atoms with Gasteiger partial charge >= 0.3 is 0 Å². The first-order chi connectivity index (χ1) is 7.74. The van der Waals surface area contributed by atoms with E-state index in [-0.39, 0.29) is 17.9 Å². The Labute approximate surface area is 93.1 Å². The quantitative estimate of drug-likeness (QED) is 0.653. The fourth-order valence-corrected chi connectivity index (χ4v) is 1.90. The zero-order valence-electron chi connectivity index (χ0n) is 9.02. The van der Waals surface area contributed by atoms with Gasteiger partial charge in [0, 0.05) is 12.6 Å². The Bertz CT molecular complexity index is 414. The van der Waals surface area contributed by atoms with Crippen LogP contribution < -0.4 is 16.2 Å². The molecule has 0 aromatic carbocycles. The molecule has 1 aromatic heterocycles. The lowest BCUT2D eigenvalue weighted by atomic mass is 9.91. The number of nitrogen functional groups attached to an aromatic ring is 1. The molecule has 6 heteroatoms. The fraction of sp³-hybridized carbons (Fsp3) is 0.600. The number of rotatable bonds is 4. The molecule has 1 heterocycles. The Balaban J connectivity index is 2.30. The summed E-state index contributed by atoms with van der Waals surface area (Å²) in [7, 11) is 0. The molecular weight excluding hydrogens is 208 g/mol. The van der Waals surface area contributed by atoms with Gasteiger partial charge in [0.2, 0.25) is 0 Å². The van der Waals surface area contributed by atoms with Gasteiger partial charge in [-0.2, -0.15) is 0 Å². The fourth-order valence-electron chi connectivity index (χ4n) is 1.90. The molecule has 4 N–H and O–H groups in total. The second-order valence-electron chi connectivity index (χ2n) is 3.97. The first-order valence-corrected chi connectivity index (χ1v) is 5.44. The Hall–Kier alpha value is -1.56. The number of nitrogens with one attached hydrogen (secondary N) is 1. The van der Waals surface area contributed by atoms with Crippen molar-refractivity contribution in [2.75, 3.05) is 23.8 Å². The summed E-state index contributed by atoms with van der Waals surface area (Å²) in [5.41, 5.74) is 5.50. The molecule has 6 nitrogen and oxygen atoms in total. The van der Waals surface area contributed by atoms with E-state index < -0.39 is 0 Å². The molecule has 1 fully saturated rings. The van der Waals surface area contributed by atoms with Crippen LogP contribution in [-0.4, -0.2) is 34.3 Å². The van der Waals surface area contributed by atoms with Gasteiger partial charge < -0.3 is 20.7 Å². The van der Waals surface area contributed by atoms with E-state index in [1.165, 1.54) is 12.7 Å². The summed E-state index contributed by atoms with van der Waals surface area (Å²) in [6, 6.07) is 0.351. The summed E-state index contributed by atoms with van der Waals surface area (Å²) >= 11 is 0. The summed E-state index contributed by atoms with van der Waals surface area (Å²) in [5.74, 6) is 0.488. The Morgan fingerprint density at radius 1 is 1.62 bits per heavy atom. The molecule has 0 unspecified atom stereocenters. The maximum Gasteiger partial charge on any atom is 0.276 e. The lowest BCUT2D eigenvalue weighted by Crippen LogP contribution is -2.43. The van der Waals surface area contributed by atoms with Crippen LogP contribution in [0.3, 0.4) is 0 Å². The van der Waals surface area contributed by atoms with Crippen LogP contribution in [0.5, 0.6) is 0 Å². The molecule has 0 radical (unpaired) electrons. The lowest BCUT2D eigenvalue weighted by Gasteiger charge is -2.38. The number of hydrogen-bond acceptors (Lipinski definition) is 5. The summed E-state index contributed by atoms with van der Waals surface area (Å²) in [6.45, 7) is 0.496. The van der Waals surface area contributed by atoms with E-state index in [0.29, 0.717) is 18.4 Å². The zero-order chi connectivity index (χ0) is 11.5. The Morgan fingerprint density at radius 3 is 2.94 bits per heavy atom. The normalized spacial score (nSPS) is 15.8. The molecule has 0 bridgehead atoms. The predicted octanol–water partition coefficient (Wildman–Crippen LogP) is -0.297. The van der Waals surface area contributed by atoms with E-state index in [1.807, 2.05) is 4.90 Å². The Morgan fingerprint density at radius 2 is 2.38 bits per heavy atom.